The quantitative estimate of drug-likeness (QED) is 0.629. The van der Waals surface area contributed by atoms with Gasteiger partial charge < -0.3 is 7.96 Å². The van der Waals surface area contributed by atoms with E-state index in [0.29, 0.717) is 12.5 Å². The van der Waals surface area contributed by atoms with Crippen LogP contribution in [0.25, 0.3) is 0 Å². The van der Waals surface area contributed by atoms with Crippen LogP contribution in [0.2, 0.25) is 0 Å². The Morgan fingerprint density at radius 3 is 2.30 bits per heavy atom. The van der Waals surface area contributed by atoms with Crippen LogP contribution in [0.15, 0.2) is 0 Å². The number of rotatable bonds is 5. The number of aliphatic hydroxyl groups is 1. The van der Waals surface area contributed by atoms with Gasteiger partial charge in [0, 0.05) is 6.61 Å². The molecule has 0 aliphatic heterocycles. The van der Waals surface area contributed by atoms with Crippen LogP contribution in [0.4, 0.5) is 0 Å². The summed E-state index contributed by atoms with van der Waals surface area (Å²) in [6, 6.07) is 0. The van der Waals surface area contributed by atoms with E-state index in [1.165, 1.54) is 19.3 Å². The van der Waals surface area contributed by atoms with Crippen LogP contribution in [0.5, 0.6) is 0 Å². The second-order valence-corrected chi connectivity index (χ2v) is 2.60. The molecule has 60 valence electrons. The van der Waals surface area contributed by atoms with Crippen molar-refractivity contribution in [3.63, 3.8) is 0 Å². The molecule has 0 aliphatic carbocycles. The third-order valence-electron chi connectivity index (χ3n) is 1.80. The Morgan fingerprint density at radius 2 is 2.00 bits per heavy atom. The molecular weight excluding hydrogens is 152 g/mol. The van der Waals surface area contributed by atoms with Crippen LogP contribution in [-0.2, 0) is 0 Å². The average molecular weight is 172 g/mol. The summed E-state index contributed by atoms with van der Waals surface area (Å²) in [5.41, 5.74) is 0. The molecule has 2 heteroatoms. The first-order valence-corrected chi connectivity index (χ1v) is 3.96. The summed E-state index contributed by atoms with van der Waals surface area (Å²) < 4.78 is 0. The first kappa shape index (κ1) is 13.8. The van der Waals surface area contributed by atoms with E-state index in [-0.39, 0.29) is 40.6 Å². The summed E-state index contributed by atoms with van der Waals surface area (Å²) in [6.45, 7) is 4.69. The topological polar surface area (TPSA) is 20.2 Å². The van der Waals surface area contributed by atoms with Gasteiger partial charge in [0.05, 0.1) is 0 Å². The van der Waals surface area contributed by atoms with E-state index in [0.717, 1.165) is 6.42 Å². The van der Waals surface area contributed by atoms with E-state index in [9.17, 15) is 0 Å². The summed E-state index contributed by atoms with van der Waals surface area (Å²) >= 11 is 0. The zero-order valence-electron chi connectivity index (χ0n) is 9.27. The first-order valence-electron chi connectivity index (χ1n) is 3.96. The molecule has 0 radical (unpaired) electrons. The third-order valence-corrected chi connectivity index (χ3v) is 1.80. The second-order valence-electron chi connectivity index (χ2n) is 2.60. The molecule has 10 heavy (non-hydrogen) atoms. The number of hydrogen-bond acceptors (Lipinski definition) is 1. The van der Waals surface area contributed by atoms with E-state index < -0.39 is 0 Å². The molecule has 0 spiro atoms. The van der Waals surface area contributed by atoms with Gasteiger partial charge in [-0.25, -0.2) is 0 Å². The molecular formula is C8H20CaO. The van der Waals surface area contributed by atoms with Gasteiger partial charge in [0.25, 0.3) is 0 Å². The van der Waals surface area contributed by atoms with Crippen molar-refractivity contribution in [2.45, 2.75) is 39.5 Å². The predicted molar refractivity (Wildman–Crippen MR) is 48.4 cm³/mol. The van der Waals surface area contributed by atoms with Gasteiger partial charge in [0.2, 0.25) is 0 Å². The van der Waals surface area contributed by atoms with E-state index in [1.54, 1.807) is 0 Å². The van der Waals surface area contributed by atoms with Crippen LogP contribution in [0.3, 0.4) is 0 Å². The van der Waals surface area contributed by atoms with Crippen molar-refractivity contribution < 1.29 is 7.96 Å². The van der Waals surface area contributed by atoms with Gasteiger partial charge in [0.15, 0.2) is 0 Å². The Balaban J connectivity index is -0.000000107. The predicted octanol–water partition coefficient (Wildman–Crippen LogP) is 2.04. The molecule has 0 aromatic heterocycles. The fourth-order valence-corrected chi connectivity index (χ4v) is 0.917. The maximum Gasteiger partial charge on any atom is 2.00 e. The van der Waals surface area contributed by atoms with E-state index >= 15 is 0 Å². The van der Waals surface area contributed by atoms with Crippen LogP contribution in [0, 0.1) is 5.92 Å². The van der Waals surface area contributed by atoms with Crippen LogP contribution in [-0.4, -0.2) is 49.5 Å². The molecule has 0 fully saturated rings. The Bertz CT molecular complexity index is 61.0. The van der Waals surface area contributed by atoms with E-state index in [2.05, 4.69) is 13.8 Å². The largest absolute Gasteiger partial charge is 2.00 e. The zero-order valence-corrected chi connectivity index (χ0v) is 9.48. The van der Waals surface area contributed by atoms with Crippen molar-refractivity contribution in [1.82, 2.24) is 0 Å². The van der Waals surface area contributed by atoms with Gasteiger partial charge >= 0.3 is 37.7 Å². The number of hydrogen-bond donors (Lipinski definition) is 1. The molecule has 1 nitrogen and oxygen atoms in total. The molecule has 1 unspecified atom stereocenters. The summed E-state index contributed by atoms with van der Waals surface area (Å²) in [6.07, 6.45) is 4.83. The normalized spacial score (nSPS) is 12.3. The second kappa shape index (κ2) is 10.2. The number of unbranched alkanes of at least 4 members (excludes halogenated alkanes) is 1. The van der Waals surface area contributed by atoms with Crippen molar-refractivity contribution in [3.05, 3.63) is 0 Å². The molecule has 0 aromatic carbocycles. The fraction of sp³-hybridized carbons (Fsp3) is 1.00. The van der Waals surface area contributed by atoms with Crippen molar-refractivity contribution in [2.75, 3.05) is 6.61 Å². The minimum atomic E-state index is 0. The molecule has 1 N–H and O–H groups in total. The molecule has 0 saturated heterocycles. The number of aliphatic hydroxyl groups excluding tert-OH is 1. The minimum absolute atomic E-state index is 0. The smallest absolute Gasteiger partial charge is 1.00 e. The monoisotopic (exact) mass is 172 g/mol. The van der Waals surface area contributed by atoms with Gasteiger partial charge in [0.1, 0.15) is 0 Å². The van der Waals surface area contributed by atoms with E-state index in [1.807, 2.05) is 0 Å². The van der Waals surface area contributed by atoms with Gasteiger partial charge in [-0.05, 0) is 12.3 Å². The third kappa shape index (κ3) is 7.33. The molecule has 0 aromatic rings. The Hall–Kier alpha value is 1.22. The standard InChI is InChI=1S/C8H18O.Ca.2H/c1-3-5-6-8(4-2)7-9;;;/h8-9H,3-7H2,1-2H3;;;/q;+2;2*-1. The maximum absolute atomic E-state index is 8.75. The van der Waals surface area contributed by atoms with Crippen molar-refractivity contribution >= 4 is 37.7 Å². The van der Waals surface area contributed by atoms with Crippen LogP contribution in [0.1, 0.15) is 42.4 Å². The Kier molecular flexibility index (Phi) is 14.1. The van der Waals surface area contributed by atoms with Gasteiger partial charge in [-0.2, -0.15) is 0 Å². The molecule has 0 amide bonds. The van der Waals surface area contributed by atoms with Gasteiger partial charge in [-0.15, -0.1) is 0 Å². The van der Waals surface area contributed by atoms with Crippen LogP contribution < -0.4 is 0 Å². The Morgan fingerprint density at radius 1 is 1.40 bits per heavy atom. The molecule has 1 atom stereocenters. The van der Waals surface area contributed by atoms with Crippen LogP contribution >= 0.6 is 0 Å². The summed E-state index contributed by atoms with van der Waals surface area (Å²) in [5.74, 6) is 0.560. The summed E-state index contributed by atoms with van der Waals surface area (Å²) in [5, 5.41) is 8.75. The molecule has 0 bridgehead atoms. The van der Waals surface area contributed by atoms with Crippen molar-refractivity contribution in [2.24, 2.45) is 5.92 Å². The molecule has 0 rings (SSSR count). The van der Waals surface area contributed by atoms with Crippen molar-refractivity contribution in [1.29, 1.82) is 0 Å². The molecule has 0 aliphatic rings. The maximum atomic E-state index is 8.75. The van der Waals surface area contributed by atoms with Gasteiger partial charge in [-0.3, -0.25) is 0 Å². The fourth-order valence-electron chi connectivity index (χ4n) is 0.917. The molecule has 0 heterocycles. The Labute approximate surface area is 97.2 Å². The molecule has 0 saturated carbocycles. The summed E-state index contributed by atoms with van der Waals surface area (Å²) in [4.78, 5) is 0. The SMILES string of the molecule is CCCCC(CC)CO.[Ca+2].[H-].[H-]. The minimum Gasteiger partial charge on any atom is -1.00 e. The first-order chi connectivity index (χ1) is 4.35. The van der Waals surface area contributed by atoms with E-state index in [4.69, 9.17) is 5.11 Å². The van der Waals surface area contributed by atoms with Crippen molar-refractivity contribution in [3.8, 4) is 0 Å². The average Bonchev–Trinajstić information content (AvgIpc) is 1.91. The zero-order chi connectivity index (χ0) is 7.11. The summed E-state index contributed by atoms with van der Waals surface area (Å²) in [7, 11) is 0. The van der Waals surface area contributed by atoms with Gasteiger partial charge in [-0.1, -0.05) is 33.1 Å².